The van der Waals surface area contributed by atoms with Gasteiger partial charge in [-0.25, -0.2) is 0 Å². The quantitative estimate of drug-likeness (QED) is 0.877. The highest BCUT2D eigenvalue weighted by Crippen LogP contribution is 2.35. The van der Waals surface area contributed by atoms with Crippen molar-refractivity contribution in [2.24, 2.45) is 0 Å². The first kappa shape index (κ1) is 12.6. The van der Waals surface area contributed by atoms with Crippen molar-refractivity contribution < 1.29 is 9.90 Å². The predicted molar refractivity (Wildman–Crippen MR) is 69.2 cm³/mol. The third-order valence-electron chi connectivity index (χ3n) is 3.61. The maximum atomic E-state index is 11.6. The van der Waals surface area contributed by atoms with E-state index in [0.29, 0.717) is 0 Å². The first-order valence-electron chi connectivity index (χ1n) is 6.20. The summed E-state index contributed by atoms with van der Waals surface area (Å²) in [6, 6.07) is 4.11. The molecule has 4 heteroatoms. The third-order valence-corrected chi connectivity index (χ3v) is 4.47. The lowest BCUT2D eigenvalue weighted by atomic mass is 9.90. The molecule has 0 spiro atoms. The Kier molecular flexibility index (Phi) is 3.84. The van der Waals surface area contributed by atoms with E-state index in [-0.39, 0.29) is 0 Å². The number of likely N-dealkylation sites (tertiary alicyclic amines) is 1. The average Bonchev–Trinajstić information content (AvgIpc) is 2.91. The number of rotatable bonds is 5. The molecule has 1 saturated heterocycles. The molecule has 1 N–H and O–H groups in total. The number of nitrogens with zero attached hydrogens (tertiary/aromatic N) is 1. The second-order valence-electron chi connectivity index (χ2n) is 4.69. The number of hydrogen-bond donors (Lipinski definition) is 1. The fraction of sp³-hybridized carbons (Fsp3) is 0.615. The molecule has 0 amide bonds. The van der Waals surface area contributed by atoms with E-state index in [1.54, 1.807) is 11.3 Å². The Morgan fingerprint density at radius 3 is 3.06 bits per heavy atom. The first-order chi connectivity index (χ1) is 8.19. The molecule has 1 aromatic heterocycles. The molecule has 0 bridgehead atoms. The third kappa shape index (κ3) is 2.38. The van der Waals surface area contributed by atoms with Crippen LogP contribution in [0, 0.1) is 0 Å². The van der Waals surface area contributed by atoms with Crippen LogP contribution in [0.15, 0.2) is 17.5 Å². The lowest BCUT2D eigenvalue weighted by Crippen LogP contribution is -2.49. The molecule has 1 unspecified atom stereocenters. The molecule has 3 nitrogen and oxygen atoms in total. The van der Waals surface area contributed by atoms with Gasteiger partial charge in [-0.1, -0.05) is 19.4 Å². The van der Waals surface area contributed by atoms with Gasteiger partial charge >= 0.3 is 5.97 Å². The number of aliphatic carboxylic acids is 1. The van der Waals surface area contributed by atoms with Crippen molar-refractivity contribution in [3.63, 3.8) is 0 Å². The largest absolute Gasteiger partial charge is 0.480 e. The molecule has 2 heterocycles. The fourth-order valence-electron chi connectivity index (χ4n) is 2.80. The highest BCUT2D eigenvalue weighted by Gasteiger charge is 2.46. The van der Waals surface area contributed by atoms with Crippen molar-refractivity contribution in [2.45, 2.75) is 44.7 Å². The summed E-state index contributed by atoms with van der Waals surface area (Å²) in [5, 5.41) is 11.6. The van der Waals surface area contributed by atoms with Crippen LogP contribution in [0.3, 0.4) is 0 Å². The van der Waals surface area contributed by atoms with Gasteiger partial charge in [-0.05, 0) is 37.3 Å². The van der Waals surface area contributed by atoms with Crippen LogP contribution in [0.4, 0.5) is 0 Å². The number of thiophene rings is 1. The topological polar surface area (TPSA) is 40.5 Å². The van der Waals surface area contributed by atoms with Crippen LogP contribution in [-0.2, 0) is 11.3 Å². The zero-order valence-electron chi connectivity index (χ0n) is 10.2. The van der Waals surface area contributed by atoms with Crippen molar-refractivity contribution in [1.82, 2.24) is 4.90 Å². The maximum absolute atomic E-state index is 11.6. The monoisotopic (exact) mass is 253 g/mol. The molecule has 1 aromatic rings. The van der Waals surface area contributed by atoms with Gasteiger partial charge in [0, 0.05) is 11.4 Å². The molecule has 1 atom stereocenters. The minimum Gasteiger partial charge on any atom is -0.480 e. The number of carboxylic acids is 1. The number of carboxylic acid groups (broad SMARTS) is 1. The van der Waals surface area contributed by atoms with Crippen LogP contribution in [-0.4, -0.2) is 28.1 Å². The van der Waals surface area contributed by atoms with Crippen molar-refractivity contribution in [2.75, 3.05) is 6.54 Å². The second-order valence-corrected chi connectivity index (χ2v) is 5.72. The SMILES string of the molecule is CCCC1(C(=O)O)CCCN1Cc1cccs1. The van der Waals surface area contributed by atoms with E-state index in [1.165, 1.54) is 4.88 Å². The van der Waals surface area contributed by atoms with E-state index in [4.69, 9.17) is 0 Å². The van der Waals surface area contributed by atoms with E-state index in [2.05, 4.69) is 17.9 Å². The Bertz CT molecular complexity index is 377. The highest BCUT2D eigenvalue weighted by atomic mass is 32.1. The fourth-order valence-corrected chi connectivity index (χ4v) is 3.52. The highest BCUT2D eigenvalue weighted by molar-refractivity contribution is 7.09. The predicted octanol–water partition coefficient (Wildman–Crippen LogP) is 2.97. The van der Waals surface area contributed by atoms with Gasteiger partial charge in [0.1, 0.15) is 5.54 Å². The van der Waals surface area contributed by atoms with Crippen LogP contribution in [0.5, 0.6) is 0 Å². The smallest absolute Gasteiger partial charge is 0.324 e. The Hall–Kier alpha value is -0.870. The van der Waals surface area contributed by atoms with Gasteiger partial charge in [-0.2, -0.15) is 0 Å². The van der Waals surface area contributed by atoms with Gasteiger partial charge in [-0.3, -0.25) is 9.69 Å². The molecule has 0 radical (unpaired) electrons. The van der Waals surface area contributed by atoms with Crippen LogP contribution in [0.25, 0.3) is 0 Å². The summed E-state index contributed by atoms with van der Waals surface area (Å²) in [5.41, 5.74) is -0.612. The molecule has 17 heavy (non-hydrogen) atoms. The summed E-state index contributed by atoms with van der Waals surface area (Å²) >= 11 is 1.71. The Morgan fingerprint density at radius 1 is 1.65 bits per heavy atom. The van der Waals surface area contributed by atoms with Gasteiger partial charge < -0.3 is 5.11 Å². The minimum atomic E-state index is -0.645. The molecule has 94 valence electrons. The van der Waals surface area contributed by atoms with E-state index < -0.39 is 11.5 Å². The Morgan fingerprint density at radius 2 is 2.47 bits per heavy atom. The molecule has 0 saturated carbocycles. The average molecular weight is 253 g/mol. The molecule has 0 aliphatic carbocycles. The normalized spacial score (nSPS) is 25.2. The Balaban J connectivity index is 2.16. The molecule has 1 aliphatic rings. The maximum Gasteiger partial charge on any atom is 0.324 e. The summed E-state index contributed by atoms with van der Waals surface area (Å²) in [5.74, 6) is -0.645. The lowest BCUT2D eigenvalue weighted by Gasteiger charge is -2.34. The summed E-state index contributed by atoms with van der Waals surface area (Å²) in [6.07, 6.45) is 3.47. The van der Waals surface area contributed by atoms with Gasteiger partial charge in [0.05, 0.1) is 0 Å². The van der Waals surface area contributed by atoms with E-state index >= 15 is 0 Å². The van der Waals surface area contributed by atoms with Crippen LogP contribution >= 0.6 is 11.3 Å². The van der Waals surface area contributed by atoms with Crippen LogP contribution in [0.2, 0.25) is 0 Å². The number of hydrogen-bond acceptors (Lipinski definition) is 3. The van der Waals surface area contributed by atoms with Gasteiger partial charge in [-0.15, -0.1) is 11.3 Å². The van der Waals surface area contributed by atoms with E-state index in [0.717, 1.165) is 38.8 Å². The van der Waals surface area contributed by atoms with Gasteiger partial charge in [0.15, 0.2) is 0 Å². The van der Waals surface area contributed by atoms with E-state index in [1.807, 2.05) is 11.4 Å². The Labute approximate surface area is 106 Å². The lowest BCUT2D eigenvalue weighted by molar-refractivity contribution is -0.150. The summed E-state index contributed by atoms with van der Waals surface area (Å²) < 4.78 is 0. The molecular weight excluding hydrogens is 234 g/mol. The first-order valence-corrected chi connectivity index (χ1v) is 7.08. The molecule has 1 fully saturated rings. The molecule has 1 aliphatic heterocycles. The summed E-state index contributed by atoms with van der Waals surface area (Å²) in [4.78, 5) is 15.0. The molecule has 2 rings (SSSR count). The zero-order valence-corrected chi connectivity index (χ0v) is 11.0. The van der Waals surface area contributed by atoms with Gasteiger partial charge in [0.2, 0.25) is 0 Å². The summed E-state index contributed by atoms with van der Waals surface area (Å²) in [6.45, 7) is 3.75. The molecule has 0 aromatic carbocycles. The van der Waals surface area contributed by atoms with Gasteiger partial charge in [0.25, 0.3) is 0 Å². The van der Waals surface area contributed by atoms with Crippen molar-refractivity contribution >= 4 is 17.3 Å². The zero-order chi connectivity index (χ0) is 12.3. The molecular formula is C13H19NO2S. The van der Waals surface area contributed by atoms with Crippen molar-refractivity contribution in [3.05, 3.63) is 22.4 Å². The minimum absolute atomic E-state index is 0.612. The number of carbonyl (C=O) groups is 1. The van der Waals surface area contributed by atoms with Crippen molar-refractivity contribution in [3.8, 4) is 0 Å². The van der Waals surface area contributed by atoms with Crippen LogP contribution < -0.4 is 0 Å². The summed E-state index contributed by atoms with van der Waals surface area (Å²) in [7, 11) is 0. The van der Waals surface area contributed by atoms with E-state index in [9.17, 15) is 9.90 Å². The van der Waals surface area contributed by atoms with Crippen molar-refractivity contribution in [1.29, 1.82) is 0 Å². The van der Waals surface area contributed by atoms with Crippen LogP contribution in [0.1, 0.15) is 37.5 Å². The second kappa shape index (κ2) is 5.19. The standard InChI is InChI=1S/C13H19NO2S/c1-2-6-13(12(15)16)7-4-8-14(13)10-11-5-3-9-17-11/h3,5,9H,2,4,6-8,10H2,1H3,(H,15,16).